The molecule has 0 aromatic heterocycles. The normalized spacial score (nSPS) is 31.4. The summed E-state index contributed by atoms with van der Waals surface area (Å²) >= 11 is 0. The summed E-state index contributed by atoms with van der Waals surface area (Å²) in [6, 6.07) is 0. The molecule has 2 rings (SSSR count). The highest BCUT2D eigenvalue weighted by Gasteiger charge is 2.34. The molecule has 1 aliphatic carbocycles. The third kappa shape index (κ3) is 1.44. The quantitative estimate of drug-likeness (QED) is 0.482. The molecule has 1 aliphatic heterocycles. The maximum absolute atomic E-state index is 3.99. The third-order valence-corrected chi connectivity index (χ3v) is 3.58. The lowest BCUT2D eigenvalue weighted by molar-refractivity contribution is 0.139. The Bertz CT molecular complexity index is 126. The summed E-state index contributed by atoms with van der Waals surface area (Å²) in [6.45, 7) is 2.47. The van der Waals surface area contributed by atoms with Gasteiger partial charge in [0.1, 0.15) is 0 Å². The Hall–Kier alpha value is -0.0400. The Morgan fingerprint density at radius 1 is 0.909 bits per heavy atom. The van der Waals surface area contributed by atoms with Crippen LogP contribution in [0.2, 0.25) is 0 Å². The van der Waals surface area contributed by atoms with Crippen LogP contribution in [0.5, 0.6) is 0 Å². The van der Waals surface area contributed by atoms with Crippen LogP contribution in [-0.4, -0.2) is 18.0 Å². The first-order valence-electron chi connectivity index (χ1n) is 4.86. The minimum Gasteiger partial charge on any atom is -0.459 e. The van der Waals surface area contributed by atoms with Gasteiger partial charge in [-0.1, -0.05) is 12.8 Å². The van der Waals surface area contributed by atoms with Crippen molar-refractivity contribution in [3.63, 3.8) is 0 Å². The van der Waals surface area contributed by atoms with Crippen LogP contribution >= 0.6 is 0 Å². The zero-order valence-corrected chi connectivity index (χ0v) is 7.31. The molecule has 1 heteroatoms. The van der Waals surface area contributed by atoms with Crippen LogP contribution in [0.3, 0.4) is 0 Å². The van der Waals surface area contributed by atoms with Crippen LogP contribution in [0.15, 0.2) is 0 Å². The molecule has 1 heterocycles. The summed E-state index contributed by atoms with van der Waals surface area (Å²) in [5, 5.41) is 0. The van der Waals surface area contributed by atoms with E-state index in [1.165, 1.54) is 51.6 Å². The minimum atomic E-state index is 0.772. The first-order chi connectivity index (χ1) is 5.31. The topological polar surface area (TPSA) is 3.24 Å². The number of hydrogen-bond donors (Lipinski definition) is 0. The second-order valence-electron chi connectivity index (χ2n) is 4.33. The lowest BCUT2D eigenvalue weighted by Gasteiger charge is -2.41. The van der Waals surface area contributed by atoms with Crippen LogP contribution in [0.4, 0.5) is 0 Å². The van der Waals surface area contributed by atoms with E-state index in [2.05, 4.69) is 11.9 Å². The molecular formula is C10H18N-. The van der Waals surface area contributed by atoms with E-state index in [1.54, 1.807) is 0 Å². The fourth-order valence-corrected chi connectivity index (χ4v) is 2.65. The van der Waals surface area contributed by atoms with Crippen molar-refractivity contribution in [1.82, 2.24) is 4.90 Å². The second kappa shape index (κ2) is 2.78. The van der Waals surface area contributed by atoms with Crippen molar-refractivity contribution < 1.29 is 0 Å². The van der Waals surface area contributed by atoms with Crippen molar-refractivity contribution in [2.75, 3.05) is 13.1 Å². The van der Waals surface area contributed by atoms with Gasteiger partial charge in [-0.25, -0.2) is 0 Å². The van der Waals surface area contributed by atoms with Crippen molar-refractivity contribution in [3.8, 4) is 0 Å². The zero-order valence-electron chi connectivity index (χ0n) is 7.31. The van der Waals surface area contributed by atoms with Crippen LogP contribution in [0.25, 0.3) is 0 Å². The van der Waals surface area contributed by atoms with E-state index in [0.717, 1.165) is 5.41 Å². The molecule has 0 radical (unpaired) electrons. The van der Waals surface area contributed by atoms with E-state index in [4.69, 9.17) is 0 Å². The van der Waals surface area contributed by atoms with Gasteiger partial charge in [0.05, 0.1) is 0 Å². The van der Waals surface area contributed by atoms with Crippen molar-refractivity contribution in [1.29, 1.82) is 0 Å². The van der Waals surface area contributed by atoms with Gasteiger partial charge in [0.15, 0.2) is 0 Å². The molecule has 64 valence electrons. The Morgan fingerprint density at radius 3 is 2.00 bits per heavy atom. The molecule has 0 N–H and O–H groups in total. The zero-order chi connectivity index (χ0) is 7.73. The first-order valence-corrected chi connectivity index (χ1v) is 4.86. The molecule has 1 spiro atoms. The largest absolute Gasteiger partial charge is 0.459 e. The van der Waals surface area contributed by atoms with Gasteiger partial charge in [0.25, 0.3) is 0 Å². The summed E-state index contributed by atoms with van der Waals surface area (Å²) in [5.74, 6) is 0. The molecule has 0 atom stereocenters. The number of piperidine rings is 1. The van der Waals surface area contributed by atoms with E-state index in [0.29, 0.717) is 0 Å². The Balaban J connectivity index is 1.94. The molecule has 1 saturated heterocycles. The molecule has 0 unspecified atom stereocenters. The van der Waals surface area contributed by atoms with Crippen molar-refractivity contribution in [3.05, 3.63) is 7.05 Å². The standard InChI is InChI=1S/C10H18N/c1-11-8-6-10(7-9-11)4-2-3-5-10/h1-9H2/q-1. The van der Waals surface area contributed by atoms with Gasteiger partial charge in [-0.05, 0) is 44.2 Å². The molecule has 0 aromatic rings. The number of rotatable bonds is 0. The molecule has 2 fully saturated rings. The van der Waals surface area contributed by atoms with E-state index in [-0.39, 0.29) is 0 Å². The second-order valence-corrected chi connectivity index (χ2v) is 4.33. The predicted molar refractivity (Wildman–Crippen MR) is 47.1 cm³/mol. The summed E-state index contributed by atoms with van der Waals surface area (Å²) in [7, 11) is 3.99. The van der Waals surface area contributed by atoms with Gasteiger partial charge in [0.2, 0.25) is 0 Å². The lowest BCUT2D eigenvalue weighted by Crippen LogP contribution is -2.35. The molecule has 11 heavy (non-hydrogen) atoms. The molecule has 1 saturated carbocycles. The average molecular weight is 152 g/mol. The van der Waals surface area contributed by atoms with Crippen LogP contribution in [0.1, 0.15) is 38.5 Å². The Labute approximate surface area is 69.8 Å². The number of nitrogens with zero attached hydrogens (tertiary/aromatic N) is 1. The third-order valence-electron chi connectivity index (χ3n) is 3.58. The van der Waals surface area contributed by atoms with Gasteiger partial charge >= 0.3 is 0 Å². The van der Waals surface area contributed by atoms with Gasteiger partial charge < -0.3 is 4.90 Å². The highest BCUT2D eigenvalue weighted by molar-refractivity contribution is 4.89. The maximum atomic E-state index is 3.99. The van der Waals surface area contributed by atoms with E-state index >= 15 is 0 Å². The monoisotopic (exact) mass is 152 g/mol. The van der Waals surface area contributed by atoms with Gasteiger partial charge in [-0.2, -0.15) is 0 Å². The highest BCUT2D eigenvalue weighted by Crippen LogP contribution is 2.45. The fraction of sp³-hybridized carbons (Fsp3) is 0.900. The van der Waals surface area contributed by atoms with E-state index < -0.39 is 0 Å². The SMILES string of the molecule is [CH2-]N1CCC2(CCCC2)CC1. The summed E-state index contributed by atoms with van der Waals surface area (Å²) in [5.41, 5.74) is 0.772. The number of likely N-dealkylation sites (tertiary alicyclic amines) is 1. The highest BCUT2D eigenvalue weighted by atomic mass is 15.1. The van der Waals surface area contributed by atoms with E-state index in [9.17, 15) is 0 Å². The molecule has 0 aromatic carbocycles. The molecular weight excluding hydrogens is 134 g/mol. The van der Waals surface area contributed by atoms with Crippen molar-refractivity contribution >= 4 is 0 Å². The Kier molecular flexibility index (Phi) is 1.92. The van der Waals surface area contributed by atoms with Gasteiger partial charge in [-0.15, -0.1) is 0 Å². The first kappa shape index (κ1) is 7.60. The summed E-state index contributed by atoms with van der Waals surface area (Å²) < 4.78 is 0. The molecule has 2 aliphatic rings. The molecule has 0 amide bonds. The fourth-order valence-electron chi connectivity index (χ4n) is 2.65. The van der Waals surface area contributed by atoms with Crippen molar-refractivity contribution in [2.24, 2.45) is 5.41 Å². The van der Waals surface area contributed by atoms with Gasteiger partial charge in [-0.3, -0.25) is 7.05 Å². The van der Waals surface area contributed by atoms with Crippen LogP contribution in [-0.2, 0) is 0 Å². The van der Waals surface area contributed by atoms with Crippen LogP contribution < -0.4 is 0 Å². The smallest absolute Gasteiger partial charge is 0.0275 e. The van der Waals surface area contributed by atoms with Crippen molar-refractivity contribution in [2.45, 2.75) is 38.5 Å². The lowest BCUT2D eigenvalue weighted by atomic mass is 9.77. The number of hydrogen-bond acceptors (Lipinski definition) is 1. The average Bonchev–Trinajstić information content (AvgIpc) is 2.45. The minimum absolute atomic E-state index is 0.772. The summed E-state index contributed by atoms with van der Waals surface area (Å²) in [4.78, 5) is 2.23. The maximum Gasteiger partial charge on any atom is -0.0275 e. The molecule has 0 bridgehead atoms. The molecule has 1 nitrogen and oxygen atoms in total. The van der Waals surface area contributed by atoms with Crippen LogP contribution in [0, 0.1) is 12.5 Å². The summed E-state index contributed by atoms with van der Waals surface area (Å²) in [6.07, 6.45) is 8.79. The van der Waals surface area contributed by atoms with Gasteiger partial charge in [0, 0.05) is 0 Å². The Morgan fingerprint density at radius 2 is 1.45 bits per heavy atom. The predicted octanol–water partition coefficient (Wildman–Crippen LogP) is 2.43. The van der Waals surface area contributed by atoms with E-state index in [1.807, 2.05) is 0 Å².